The van der Waals surface area contributed by atoms with E-state index in [1.807, 2.05) is 4.90 Å². The molecule has 3 aliphatic rings. The second-order valence-corrected chi connectivity index (χ2v) is 8.18. The van der Waals surface area contributed by atoms with Gasteiger partial charge in [-0.1, -0.05) is 0 Å². The van der Waals surface area contributed by atoms with Crippen LogP contribution in [0.25, 0.3) is 0 Å². The molecule has 1 aliphatic carbocycles. The summed E-state index contributed by atoms with van der Waals surface area (Å²) in [6.45, 7) is 6.01. The number of carbonyl (C=O) groups excluding carboxylic acids is 2. The first kappa shape index (κ1) is 19.4. The zero-order valence-electron chi connectivity index (χ0n) is 16.6. The van der Waals surface area contributed by atoms with Crippen molar-refractivity contribution in [3.05, 3.63) is 17.8 Å². The maximum Gasteiger partial charge on any atom is 0.273 e. The molecule has 28 heavy (non-hydrogen) atoms. The molecule has 3 heterocycles. The minimum absolute atomic E-state index is 0.198. The fraction of sp³-hybridized carbons (Fsp3) is 0.750. The molecular formula is C20H30N4O4. The highest BCUT2D eigenvalue weighted by atomic mass is 16.5. The van der Waals surface area contributed by atoms with Gasteiger partial charge in [-0.05, 0) is 31.6 Å². The van der Waals surface area contributed by atoms with Crippen LogP contribution in [0.1, 0.15) is 48.5 Å². The third kappa shape index (κ3) is 4.72. The lowest BCUT2D eigenvalue weighted by Crippen LogP contribution is -2.47. The van der Waals surface area contributed by atoms with Crippen molar-refractivity contribution in [1.29, 1.82) is 0 Å². The Kier molecular flexibility index (Phi) is 5.96. The number of amides is 2. The quantitative estimate of drug-likeness (QED) is 0.753. The Morgan fingerprint density at radius 3 is 2.61 bits per heavy atom. The number of aromatic nitrogens is 1. The molecule has 2 amide bonds. The van der Waals surface area contributed by atoms with Crippen molar-refractivity contribution in [2.24, 2.45) is 5.92 Å². The van der Waals surface area contributed by atoms with Crippen molar-refractivity contribution in [3.63, 3.8) is 0 Å². The van der Waals surface area contributed by atoms with E-state index in [0.717, 1.165) is 25.3 Å². The van der Waals surface area contributed by atoms with Gasteiger partial charge >= 0.3 is 0 Å². The minimum atomic E-state index is -0.198. The molecule has 1 saturated carbocycles. The number of oxazole rings is 1. The van der Waals surface area contributed by atoms with Crippen LogP contribution in [0.4, 0.5) is 0 Å². The van der Waals surface area contributed by atoms with Crippen molar-refractivity contribution < 1.29 is 18.7 Å². The van der Waals surface area contributed by atoms with Crippen LogP contribution in [-0.2, 0) is 9.53 Å². The normalized spacial score (nSPS) is 25.8. The van der Waals surface area contributed by atoms with Crippen LogP contribution in [-0.4, -0.2) is 78.1 Å². The van der Waals surface area contributed by atoms with Crippen LogP contribution in [0.15, 0.2) is 10.7 Å². The highest BCUT2D eigenvalue weighted by Crippen LogP contribution is 2.35. The molecule has 1 aromatic heterocycles. The van der Waals surface area contributed by atoms with Gasteiger partial charge in [0.05, 0.1) is 13.2 Å². The van der Waals surface area contributed by atoms with Crippen LogP contribution in [0.2, 0.25) is 0 Å². The molecule has 0 unspecified atom stereocenters. The predicted octanol–water partition coefficient (Wildman–Crippen LogP) is 1.20. The fourth-order valence-corrected chi connectivity index (χ4v) is 4.26. The SMILES string of the molecule is Cc1nc(C(=O)NC[C@@H]2CC[C@H](CC(=O)N3CCOCC3)N2CC2CC2)co1. The van der Waals surface area contributed by atoms with Crippen molar-refractivity contribution in [3.8, 4) is 0 Å². The van der Waals surface area contributed by atoms with Gasteiger partial charge in [0, 0.05) is 51.6 Å². The van der Waals surface area contributed by atoms with E-state index in [9.17, 15) is 9.59 Å². The summed E-state index contributed by atoms with van der Waals surface area (Å²) in [5.41, 5.74) is 0.322. The first-order chi connectivity index (χ1) is 13.6. The van der Waals surface area contributed by atoms with Crippen molar-refractivity contribution in [2.75, 3.05) is 39.4 Å². The molecule has 2 aliphatic heterocycles. The highest BCUT2D eigenvalue weighted by Gasteiger charge is 2.38. The Morgan fingerprint density at radius 2 is 1.93 bits per heavy atom. The van der Waals surface area contributed by atoms with E-state index in [0.29, 0.717) is 50.9 Å². The molecule has 154 valence electrons. The molecule has 8 nitrogen and oxygen atoms in total. The van der Waals surface area contributed by atoms with E-state index in [2.05, 4.69) is 15.2 Å². The first-order valence-electron chi connectivity index (χ1n) is 10.4. The third-order valence-corrected chi connectivity index (χ3v) is 6.06. The molecule has 0 spiro atoms. The lowest BCUT2D eigenvalue weighted by Gasteiger charge is -2.33. The Morgan fingerprint density at radius 1 is 1.18 bits per heavy atom. The molecule has 1 aromatic rings. The number of ether oxygens (including phenoxy) is 1. The molecule has 0 aromatic carbocycles. The molecule has 3 fully saturated rings. The Balaban J connectivity index is 1.33. The third-order valence-electron chi connectivity index (χ3n) is 6.06. The summed E-state index contributed by atoms with van der Waals surface area (Å²) < 4.78 is 10.5. The van der Waals surface area contributed by atoms with E-state index in [4.69, 9.17) is 9.15 Å². The van der Waals surface area contributed by atoms with E-state index < -0.39 is 0 Å². The number of nitrogens with one attached hydrogen (secondary N) is 1. The smallest absolute Gasteiger partial charge is 0.273 e. The minimum Gasteiger partial charge on any atom is -0.448 e. The number of aryl methyl sites for hydroxylation is 1. The molecular weight excluding hydrogens is 360 g/mol. The van der Waals surface area contributed by atoms with Gasteiger partial charge in [-0.2, -0.15) is 0 Å². The van der Waals surface area contributed by atoms with Gasteiger partial charge in [-0.25, -0.2) is 4.98 Å². The second kappa shape index (κ2) is 8.61. The Hall–Kier alpha value is -1.93. The van der Waals surface area contributed by atoms with Crippen LogP contribution in [0.3, 0.4) is 0 Å². The topological polar surface area (TPSA) is 87.9 Å². The largest absolute Gasteiger partial charge is 0.448 e. The summed E-state index contributed by atoms with van der Waals surface area (Å²) in [6.07, 6.45) is 6.53. The van der Waals surface area contributed by atoms with Gasteiger partial charge in [-0.3, -0.25) is 14.5 Å². The van der Waals surface area contributed by atoms with Crippen LogP contribution >= 0.6 is 0 Å². The lowest BCUT2D eigenvalue weighted by molar-refractivity contribution is -0.136. The van der Waals surface area contributed by atoms with Crippen LogP contribution < -0.4 is 5.32 Å². The number of morpholine rings is 1. The summed E-state index contributed by atoms with van der Waals surface area (Å²) in [7, 11) is 0. The Bertz CT molecular complexity index is 696. The van der Waals surface area contributed by atoms with Gasteiger partial charge in [0.1, 0.15) is 6.26 Å². The number of carbonyl (C=O) groups is 2. The number of hydrogen-bond donors (Lipinski definition) is 1. The summed E-state index contributed by atoms with van der Waals surface area (Å²) >= 11 is 0. The first-order valence-corrected chi connectivity index (χ1v) is 10.4. The molecule has 0 bridgehead atoms. The van der Waals surface area contributed by atoms with Gasteiger partial charge in [-0.15, -0.1) is 0 Å². The maximum atomic E-state index is 12.7. The second-order valence-electron chi connectivity index (χ2n) is 8.18. The molecule has 2 saturated heterocycles. The lowest BCUT2D eigenvalue weighted by atomic mass is 10.1. The van der Waals surface area contributed by atoms with Gasteiger partial charge in [0.15, 0.2) is 11.6 Å². The Labute approximate surface area is 165 Å². The molecule has 1 N–H and O–H groups in total. The number of nitrogens with zero attached hydrogens (tertiary/aromatic N) is 3. The van der Waals surface area contributed by atoms with Gasteiger partial charge < -0.3 is 19.4 Å². The fourth-order valence-electron chi connectivity index (χ4n) is 4.26. The van der Waals surface area contributed by atoms with E-state index in [1.165, 1.54) is 19.1 Å². The van der Waals surface area contributed by atoms with Crippen molar-refractivity contribution >= 4 is 11.8 Å². The number of hydrogen-bond acceptors (Lipinski definition) is 6. The van der Waals surface area contributed by atoms with Gasteiger partial charge in [0.25, 0.3) is 5.91 Å². The van der Waals surface area contributed by atoms with Crippen molar-refractivity contribution in [1.82, 2.24) is 20.1 Å². The summed E-state index contributed by atoms with van der Waals surface area (Å²) in [5.74, 6) is 1.27. The van der Waals surface area contributed by atoms with Crippen molar-refractivity contribution in [2.45, 2.75) is 51.1 Å². The van der Waals surface area contributed by atoms with Crippen LogP contribution in [0.5, 0.6) is 0 Å². The average molecular weight is 390 g/mol. The van der Waals surface area contributed by atoms with Crippen LogP contribution in [0, 0.1) is 12.8 Å². The standard InChI is InChI=1S/C20H30N4O4/c1-14-22-18(13-28-14)20(26)21-11-17-5-4-16(24(17)12-15-2-3-15)10-19(25)23-6-8-27-9-7-23/h13,15-17H,2-12H2,1H3,(H,21,26)/t16-,17+/m1/s1. The molecule has 2 atom stereocenters. The van der Waals surface area contributed by atoms with Gasteiger partial charge in [0.2, 0.25) is 5.91 Å². The molecule has 0 radical (unpaired) electrons. The highest BCUT2D eigenvalue weighted by molar-refractivity contribution is 5.91. The zero-order valence-corrected chi connectivity index (χ0v) is 16.6. The zero-order chi connectivity index (χ0) is 19.5. The number of rotatable bonds is 7. The summed E-state index contributed by atoms with van der Waals surface area (Å²) in [6, 6.07) is 0.548. The predicted molar refractivity (Wildman–Crippen MR) is 102 cm³/mol. The summed E-state index contributed by atoms with van der Waals surface area (Å²) in [5, 5.41) is 3.00. The maximum absolute atomic E-state index is 12.7. The number of likely N-dealkylation sites (tertiary alicyclic amines) is 1. The monoisotopic (exact) mass is 390 g/mol. The van der Waals surface area contributed by atoms with E-state index in [-0.39, 0.29) is 23.9 Å². The van der Waals surface area contributed by atoms with E-state index in [1.54, 1.807) is 6.92 Å². The average Bonchev–Trinajstić information content (AvgIpc) is 3.30. The summed E-state index contributed by atoms with van der Waals surface area (Å²) in [4.78, 5) is 33.5. The molecule has 8 heteroatoms. The van der Waals surface area contributed by atoms with E-state index >= 15 is 0 Å². The molecule has 4 rings (SSSR count).